The summed E-state index contributed by atoms with van der Waals surface area (Å²) in [5, 5.41) is 11.5. The van der Waals surface area contributed by atoms with Crippen molar-refractivity contribution in [3.8, 4) is 22.3 Å². The number of fused-ring (bicyclic) bond motifs is 6. The SMILES string of the molecule is Cc1cc(C)cc(N(c2ccc3ccc4c(N(c5cc(C)cc(C)c5)c5cccc6c5oc5c(-c7ccccc7C(C)C)cccc56)ccc5ccc2c3c54)c2cccc3c2oc2c(-c4ccccc4C(C)C)cccc23)c1. The number of aryl methyl sites for hydroxylation is 4. The van der Waals surface area contributed by atoms with Crippen molar-refractivity contribution in [2.75, 3.05) is 9.80 Å². The van der Waals surface area contributed by atoms with Crippen molar-refractivity contribution < 1.29 is 8.83 Å². The highest BCUT2D eigenvalue weighted by atomic mass is 16.3. The van der Waals surface area contributed by atoms with Gasteiger partial charge in [-0.1, -0.05) is 185 Å². The molecule has 12 aromatic carbocycles. The van der Waals surface area contributed by atoms with Gasteiger partial charge in [0, 0.05) is 54.8 Å². The quantitative estimate of drug-likeness (QED) is 0.128. The molecular formula is C74H60N2O2. The van der Waals surface area contributed by atoms with E-state index in [4.69, 9.17) is 8.83 Å². The average Bonchev–Trinajstić information content (AvgIpc) is 4.19. The molecule has 78 heavy (non-hydrogen) atoms. The Kier molecular flexibility index (Phi) is 11.1. The summed E-state index contributed by atoms with van der Waals surface area (Å²) < 4.78 is 14.6. The Morgan fingerprint density at radius 3 is 1.04 bits per heavy atom. The van der Waals surface area contributed by atoms with E-state index in [0.29, 0.717) is 11.8 Å². The maximum absolute atomic E-state index is 7.29. The molecule has 14 rings (SSSR count). The summed E-state index contributed by atoms with van der Waals surface area (Å²) in [4.78, 5) is 4.88. The summed E-state index contributed by atoms with van der Waals surface area (Å²) in [6, 6.07) is 76.3. The third-order valence-corrected chi connectivity index (χ3v) is 16.3. The van der Waals surface area contributed by atoms with E-state index in [1.54, 1.807) is 0 Å². The van der Waals surface area contributed by atoms with Gasteiger partial charge in [0.15, 0.2) is 11.2 Å². The number of benzene rings is 12. The predicted octanol–water partition coefficient (Wildman–Crippen LogP) is 22.1. The molecule has 0 aliphatic carbocycles. The molecule has 4 nitrogen and oxygen atoms in total. The van der Waals surface area contributed by atoms with Gasteiger partial charge < -0.3 is 18.6 Å². The first-order valence-corrected chi connectivity index (χ1v) is 27.5. The van der Waals surface area contributed by atoms with E-state index in [2.05, 4.69) is 271 Å². The first-order valence-electron chi connectivity index (χ1n) is 27.5. The van der Waals surface area contributed by atoms with Crippen molar-refractivity contribution in [2.45, 2.75) is 67.2 Å². The zero-order valence-corrected chi connectivity index (χ0v) is 45.5. The zero-order chi connectivity index (χ0) is 53.1. The molecule has 0 N–H and O–H groups in total. The Morgan fingerprint density at radius 1 is 0.295 bits per heavy atom. The van der Waals surface area contributed by atoms with Crippen LogP contribution < -0.4 is 9.80 Å². The second-order valence-corrected chi connectivity index (χ2v) is 22.3. The molecule has 4 heteroatoms. The normalized spacial score (nSPS) is 12.1. The van der Waals surface area contributed by atoms with Crippen LogP contribution in [0.1, 0.15) is 72.9 Å². The van der Waals surface area contributed by atoms with E-state index in [1.807, 2.05) is 0 Å². The van der Waals surface area contributed by atoms with Gasteiger partial charge in [-0.15, -0.1) is 0 Å². The lowest BCUT2D eigenvalue weighted by Crippen LogP contribution is -2.12. The van der Waals surface area contributed by atoms with Crippen molar-refractivity contribution >= 4 is 110 Å². The summed E-state index contributed by atoms with van der Waals surface area (Å²) in [6.07, 6.45) is 0. The van der Waals surface area contributed by atoms with Crippen LogP contribution in [0.3, 0.4) is 0 Å². The number of para-hydroxylation sites is 4. The molecule has 0 amide bonds. The summed E-state index contributed by atoms with van der Waals surface area (Å²) in [5.74, 6) is 0.713. The summed E-state index contributed by atoms with van der Waals surface area (Å²) in [5.41, 5.74) is 21.9. The number of hydrogen-bond acceptors (Lipinski definition) is 4. The highest BCUT2D eigenvalue weighted by Crippen LogP contribution is 2.52. The van der Waals surface area contributed by atoms with Crippen LogP contribution >= 0.6 is 0 Å². The molecule has 0 aliphatic rings. The zero-order valence-electron chi connectivity index (χ0n) is 45.5. The Hall–Kier alpha value is -9.12. The second kappa shape index (κ2) is 18.3. The Balaban J connectivity index is 1.01. The third kappa shape index (κ3) is 7.49. The van der Waals surface area contributed by atoms with E-state index in [1.165, 1.54) is 66.1 Å². The fourth-order valence-electron chi connectivity index (χ4n) is 13.0. The fourth-order valence-corrected chi connectivity index (χ4v) is 13.0. The second-order valence-electron chi connectivity index (χ2n) is 22.3. The highest BCUT2D eigenvalue weighted by Gasteiger charge is 2.27. The molecule has 0 bridgehead atoms. The lowest BCUT2D eigenvalue weighted by Gasteiger charge is -2.30. The van der Waals surface area contributed by atoms with Crippen LogP contribution in [-0.4, -0.2) is 0 Å². The van der Waals surface area contributed by atoms with Gasteiger partial charge in [0.2, 0.25) is 0 Å². The van der Waals surface area contributed by atoms with E-state index in [-0.39, 0.29) is 0 Å². The number of hydrogen-bond donors (Lipinski definition) is 0. The van der Waals surface area contributed by atoms with Crippen LogP contribution in [0.15, 0.2) is 215 Å². The summed E-state index contributed by atoms with van der Waals surface area (Å²) >= 11 is 0. The van der Waals surface area contributed by atoms with Crippen LogP contribution in [0, 0.1) is 27.7 Å². The van der Waals surface area contributed by atoms with Gasteiger partial charge >= 0.3 is 0 Å². The van der Waals surface area contributed by atoms with E-state index in [9.17, 15) is 0 Å². The predicted molar refractivity (Wildman–Crippen MR) is 332 cm³/mol. The van der Waals surface area contributed by atoms with E-state index < -0.39 is 0 Å². The van der Waals surface area contributed by atoms with Crippen molar-refractivity contribution in [1.82, 2.24) is 0 Å². The molecule has 0 atom stereocenters. The molecule has 0 spiro atoms. The van der Waals surface area contributed by atoms with Crippen molar-refractivity contribution in [3.05, 3.63) is 240 Å². The molecule has 14 aromatic rings. The molecule has 0 unspecified atom stereocenters. The minimum atomic E-state index is 0.356. The van der Waals surface area contributed by atoms with Crippen LogP contribution in [0.25, 0.3) is 98.4 Å². The number of nitrogens with zero attached hydrogens (tertiary/aromatic N) is 2. The van der Waals surface area contributed by atoms with Crippen LogP contribution in [0.4, 0.5) is 34.1 Å². The third-order valence-electron chi connectivity index (χ3n) is 16.3. The first-order chi connectivity index (χ1) is 38.0. The smallest absolute Gasteiger partial charge is 0.159 e. The van der Waals surface area contributed by atoms with Crippen molar-refractivity contribution in [2.24, 2.45) is 0 Å². The molecule has 378 valence electrons. The molecule has 0 fully saturated rings. The van der Waals surface area contributed by atoms with Crippen LogP contribution in [0.5, 0.6) is 0 Å². The minimum absolute atomic E-state index is 0.356. The topological polar surface area (TPSA) is 32.8 Å². The molecule has 2 aromatic heterocycles. The van der Waals surface area contributed by atoms with Gasteiger partial charge in [-0.2, -0.15) is 0 Å². The van der Waals surface area contributed by atoms with E-state index >= 15 is 0 Å². The fraction of sp³-hybridized carbons (Fsp3) is 0.135. The maximum atomic E-state index is 7.29. The monoisotopic (exact) mass is 1010 g/mol. The minimum Gasteiger partial charge on any atom is -0.453 e. The molecule has 2 heterocycles. The number of furan rings is 2. The Bertz CT molecular complexity index is 4360. The summed E-state index contributed by atoms with van der Waals surface area (Å²) in [6.45, 7) is 17.8. The van der Waals surface area contributed by atoms with Crippen LogP contribution in [0.2, 0.25) is 0 Å². The average molecular weight is 1010 g/mol. The number of anilines is 6. The summed E-state index contributed by atoms with van der Waals surface area (Å²) in [7, 11) is 0. The largest absolute Gasteiger partial charge is 0.453 e. The number of rotatable bonds is 10. The maximum Gasteiger partial charge on any atom is 0.159 e. The standard InChI is InChI=1S/C74H60N2O2/c1-43(2)53-17-9-11-19-55(53)57-21-13-23-59-61-25-15-27-67(73(61)77-71(57)59)75(51-39-45(5)37-46(6)40-51)65-35-31-49-30-34-64-66(36-32-50-29-33-63(65)69(49)70(50)64)76(52-41-47(7)38-48(8)42-52)68-28-16-26-62-60-24-14-22-58(72(60)78-74(62)68)56-20-12-10-18-54(56)44(3)4/h9-44H,1-8H3. The molecule has 0 saturated carbocycles. The lowest BCUT2D eigenvalue weighted by molar-refractivity contribution is 0.669. The van der Waals surface area contributed by atoms with Crippen molar-refractivity contribution in [3.63, 3.8) is 0 Å². The first kappa shape index (κ1) is 47.3. The molecule has 0 aliphatic heterocycles. The van der Waals surface area contributed by atoms with Gasteiger partial charge in [-0.05, 0) is 154 Å². The molecule has 0 radical (unpaired) electrons. The van der Waals surface area contributed by atoms with Crippen molar-refractivity contribution in [1.29, 1.82) is 0 Å². The van der Waals surface area contributed by atoms with Gasteiger partial charge in [0.05, 0.1) is 22.7 Å². The van der Waals surface area contributed by atoms with E-state index in [0.717, 1.165) is 99.9 Å². The lowest BCUT2D eigenvalue weighted by atomic mass is 9.91. The van der Waals surface area contributed by atoms with Gasteiger partial charge in [-0.3, -0.25) is 0 Å². The Labute approximate surface area is 455 Å². The van der Waals surface area contributed by atoms with Gasteiger partial charge in [-0.25, -0.2) is 0 Å². The van der Waals surface area contributed by atoms with Crippen LogP contribution in [-0.2, 0) is 0 Å². The van der Waals surface area contributed by atoms with Gasteiger partial charge in [0.25, 0.3) is 0 Å². The Morgan fingerprint density at radius 2 is 0.641 bits per heavy atom. The molecular weight excluding hydrogens is 949 g/mol. The van der Waals surface area contributed by atoms with Gasteiger partial charge in [0.1, 0.15) is 11.2 Å². The molecule has 0 saturated heterocycles. The highest BCUT2D eigenvalue weighted by molar-refractivity contribution is 6.29.